The molecule has 2 rings (SSSR count). The quantitative estimate of drug-likeness (QED) is 0.608. The van der Waals surface area contributed by atoms with Gasteiger partial charge in [-0.15, -0.1) is 0 Å². The Morgan fingerprint density at radius 3 is 2.14 bits per heavy atom. The summed E-state index contributed by atoms with van der Waals surface area (Å²) < 4.78 is 0. The molecule has 0 saturated carbocycles. The van der Waals surface area contributed by atoms with Crippen molar-refractivity contribution in [3.8, 4) is 12.1 Å². The summed E-state index contributed by atoms with van der Waals surface area (Å²) in [6.07, 6.45) is 0.694. The topological polar surface area (TPSA) is 53.6 Å². The zero-order valence-corrected chi connectivity index (χ0v) is 8.61. The first kappa shape index (κ1) is 11.0. The molecule has 0 aromatic heterocycles. The van der Waals surface area contributed by atoms with Crippen LogP contribution in [0, 0.1) is 22.7 Å². The first-order chi connectivity index (χ1) is 6.77. The summed E-state index contributed by atoms with van der Waals surface area (Å²) in [6, 6.07) is 4.40. The Kier molecular flexibility index (Phi) is 4.39. The van der Waals surface area contributed by atoms with Gasteiger partial charge in [-0.3, -0.25) is 9.80 Å². The van der Waals surface area contributed by atoms with E-state index in [-0.39, 0.29) is 6.04 Å². The molecule has 14 heavy (non-hydrogen) atoms. The molecule has 0 aromatic carbocycles. The van der Waals surface area contributed by atoms with E-state index in [0.29, 0.717) is 6.42 Å². The second-order valence-corrected chi connectivity index (χ2v) is 3.59. The number of hydrogen-bond acceptors (Lipinski definition) is 4. The Bertz CT molecular complexity index is 242. The van der Waals surface area contributed by atoms with E-state index in [1.165, 1.54) is 13.1 Å². The predicted octanol–water partition coefficient (Wildman–Crippen LogP) is 0.430. The van der Waals surface area contributed by atoms with Gasteiger partial charge in [0.1, 0.15) is 0 Å². The first-order valence-electron chi connectivity index (χ1n) is 5.01. The minimum atomic E-state index is 0.153. The van der Waals surface area contributed by atoms with Gasteiger partial charge in [-0.25, -0.2) is 0 Å². The van der Waals surface area contributed by atoms with Crippen LogP contribution in [0.25, 0.3) is 0 Å². The summed E-state index contributed by atoms with van der Waals surface area (Å²) in [7, 11) is 0. The van der Waals surface area contributed by atoms with Crippen molar-refractivity contribution in [2.45, 2.75) is 19.4 Å². The van der Waals surface area contributed by atoms with E-state index < -0.39 is 0 Å². The molecule has 1 atom stereocenters. The first-order valence-corrected chi connectivity index (χ1v) is 5.01. The lowest BCUT2D eigenvalue weighted by Crippen LogP contribution is -2.09. The van der Waals surface area contributed by atoms with Crippen molar-refractivity contribution in [3.63, 3.8) is 0 Å². The molecule has 4 heteroatoms. The fraction of sp³-hybridized carbons (Fsp3) is 0.800. The second-order valence-electron chi connectivity index (χ2n) is 3.59. The largest absolute Gasteiger partial charge is 0.300 e. The average molecular weight is 192 g/mol. The maximum absolute atomic E-state index is 8.25. The van der Waals surface area contributed by atoms with E-state index in [9.17, 15) is 0 Å². The zero-order valence-electron chi connectivity index (χ0n) is 8.61. The highest BCUT2D eigenvalue weighted by atomic mass is 15.3. The Labute approximate surface area is 85.3 Å². The van der Waals surface area contributed by atoms with Gasteiger partial charge in [0, 0.05) is 39.1 Å². The van der Waals surface area contributed by atoms with Crippen LogP contribution in [0.4, 0.5) is 0 Å². The summed E-state index contributed by atoms with van der Waals surface area (Å²) in [5.41, 5.74) is 0. The van der Waals surface area contributed by atoms with Crippen LogP contribution in [0.3, 0.4) is 0 Å². The van der Waals surface area contributed by atoms with Crippen molar-refractivity contribution in [1.29, 1.82) is 10.5 Å². The van der Waals surface area contributed by atoms with Gasteiger partial charge in [0.15, 0.2) is 0 Å². The van der Waals surface area contributed by atoms with Crippen molar-refractivity contribution in [2.75, 3.05) is 32.7 Å². The van der Waals surface area contributed by atoms with E-state index in [0.717, 1.165) is 19.6 Å². The Balaban J connectivity index is 0.000000140. The zero-order chi connectivity index (χ0) is 10.4. The van der Waals surface area contributed by atoms with Crippen molar-refractivity contribution in [2.24, 2.45) is 0 Å². The average Bonchev–Trinajstić information content (AvgIpc) is 3.06. The molecule has 0 amide bonds. The van der Waals surface area contributed by atoms with Crippen molar-refractivity contribution < 1.29 is 0 Å². The summed E-state index contributed by atoms with van der Waals surface area (Å²) in [5.74, 6) is 0. The van der Waals surface area contributed by atoms with Crippen molar-refractivity contribution in [1.82, 2.24) is 9.80 Å². The number of hydrogen-bond donors (Lipinski definition) is 0. The van der Waals surface area contributed by atoms with Gasteiger partial charge in [0.2, 0.25) is 0 Å². The summed E-state index contributed by atoms with van der Waals surface area (Å²) >= 11 is 0. The minimum absolute atomic E-state index is 0.153. The van der Waals surface area contributed by atoms with Crippen LogP contribution >= 0.6 is 0 Å². The van der Waals surface area contributed by atoms with Gasteiger partial charge in [-0.2, -0.15) is 10.5 Å². The second kappa shape index (κ2) is 5.59. The molecular formula is C10H16N4. The standard InChI is InChI=1S/2C5H8N2/c1-5(4-6)7-2-3-7;6-2-1-3-7-4-5-7/h5H,2-3H2,1H3;1,3-5H2. The van der Waals surface area contributed by atoms with Gasteiger partial charge < -0.3 is 0 Å². The van der Waals surface area contributed by atoms with Gasteiger partial charge in [-0.1, -0.05) is 0 Å². The van der Waals surface area contributed by atoms with Crippen LogP contribution in [-0.2, 0) is 0 Å². The van der Waals surface area contributed by atoms with Crippen LogP contribution in [0.2, 0.25) is 0 Å². The number of rotatable bonds is 3. The number of nitrogens with zero attached hydrogens (tertiary/aromatic N) is 4. The van der Waals surface area contributed by atoms with E-state index >= 15 is 0 Å². The highest BCUT2D eigenvalue weighted by molar-refractivity contribution is 4.93. The van der Waals surface area contributed by atoms with E-state index in [4.69, 9.17) is 10.5 Å². The summed E-state index contributed by atoms with van der Waals surface area (Å²) in [4.78, 5) is 4.35. The Morgan fingerprint density at radius 2 is 1.86 bits per heavy atom. The monoisotopic (exact) mass is 192 g/mol. The molecule has 2 aliphatic rings. The van der Waals surface area contributed by atoms with E-state index in [2.05, 4.69) is 21.9 Å². The molecule has 2 fully saturated rings. The summed E-state index contributed by atoms with van der Waals surface area (Å²) in [6.45, 7) is 7.57. The minimum Gasteiger partial charge on any atom is -0.300 e. The van der Waals surface area contributed by atoms with Crippen molar-refractivity contribution in [3.05, 3.63) is 0 Å². The van der Waals surface area contributed by atoms with E-state index in [1.54, 1.807) is 0 Å². The van der Waals surface area contributed by atoms with Crippen molar-refractivity contribution >= 4 is 0 Å². The normalized spacial score (nSPS) is 21.1. The van der Waals surface area contributed by atoms with Crippen LogP contribution in [-0.4, -0.2) is 48.6 Å². The molecule has 0 spiro atoms. The lowest BCUT2D eigenvalue weighted by Gasteiger charge is -1.96. The third-order valence-corrected chi connectivity index (χ3v) is 2.30. The molecular weight excluding hydrogens is 176 g/mol. The van der Waals surface area contributed by atoms with Crippen LogP contribution in [0.15, 0.2) is 0 Å². The molecule has 76 valence electrons. The maximum Gasteiger partial charge on any atom is 0.0950 e. The maximum atomic E-state index is 8.25. The molecule has 4 nitrogen and oxygen atoms in total. The molecule has 1 unspecified atom stereocenters. The molecule has 2 aliphatic heterocycles. The molecule has 0 aliphatic carbocycles. The molecule has 0 aromatic rings. The van der Waals surface area contributed by atoms with Gasteiger partial charge in [0.05, 0.1) is 18.2 Å². The fourth-order valence-electron chi connectivity index (χ4n) is 1.03. The van der Waals surface area contributed by atoms with Crippen LogP contribution in [0.5, 0.6) is 0 Å². The molecule has 2 saturated heterocycles. The van der Waals surface area contributed by atoms with Gasteiger partial charge in [-0.05, 0) is 6.92 Å². The lowest BCUT2D eigenvalue weighted by molar-refractivity contribution is 0.509. The van der Waals surface area contributed by atoms with Gasteiger partial charge in [0.25, 0.3) is 0 Å². The van der Waals surface area contributed by atoms with Crippen LogP contribution < -0.4 is 0 Å². The van der Waals surface area contributed by atoms with Crippen LogP contribution in [0.1, 0.15) is 13.3 Å². The Hall–Kier alpha value is -1.10. The highest BCUT2D eigenvalue weighted by Crippen LogP contribution is 2.07. The predicted molar refractivity (Wildman–Crippen MR) is 53.3 cm³/mol. The number of nitriles is 2. The molecule has 2 heterocycles. The van der Waals surface area contributed by atoms with Gasteiger partial charge >= 0.3 is 0 Å². The Morgan fingerprint density at radius 1 is 1.21 bits per heavy atom. The SMILES string of the molecule is CC(C#N)N1CC1.N#CCCN1CC1. The fourth-order valence-corrected chi connectivity index (χ4v) is 1.03. The molecule has 0 N–H and O–H groups in total. The third kappa shape index (κ3) is 4.81. The molecule has 0 radical (unpaired) electrons. The van der Waals surface area contributed by atoms with E-state index in [1.807, 2.05) is 6.92 Å². The highest BCUT2D eigenvalue weighted by Gasteiger charge is 2.22. The smallest absolute Gasteiger partial charge is 0.0950 e. The summed E-state index contributed by atoms with van der Waals surface area (Å²) in [5, 5.41) is 16.3. The third-order valence-electron chi connectivity index (χ3n) is 2.30. The molecule has 0 bridgehead atoms. The lowest BCUT2D eigenvalue weighted by atomic mass is 10.4.